The van der Waals surface area contributed by atoms with Crippen molar-refractivity contribution >= 4 is 11.9 Å². The lowest BCUT2D eigenvalue weighted by Crippen LogP contribution is -2.28. The number of benzene rings is 2. The van der Waals surface area contributed by atoms with E-state index < -0.39 is 18.5 Å². The van der Waals surface area contributed by atoms with Crippen molar-refractivity contribution in [2.75, 3.05) is 13.7 Å². The second kappa shape index (κ2) is 9.21. The fourth-order valence-electron chi connectivity index (χ4n) is 2.90. The van der Waals surface area contributed by atoms with Crippen LogP contribution >= 0.6 is 0 Å². The molecule has 1 N–H and O–H groups in total. The van der Waals surface area contributed by atoms with Crippen LogP contribution in [-0.2, 0) is 16.1 Å². The SMILES string of the molecule is COc1ccc(CNC(=O)COC(=O)c2nn(-c3ccc(C)cc3C)nc2C)cc1. The Bertz CT molecular complexity index is 1060. The molecule has 0 saturated carbocycles. The second-order valence-corrected chi connectivity index (χ2v) is 6.91. The number of nitrogens with zero attached hydrogens (tertiary/aromatic N) is 3. The largest absolute Gasteiger partial charge is 0.497 e. The molecule has 0 fully saturated rings. The van der Waals surface area contributed by atoms with E-state index in [1.54, 1.807) is 14.0 Å². The van der Waals surface area contributed by atoms with Crippen molar-refractivity contribution in [2.45, 2.75) is 27.3 Å². The molecule has 0 aliphatic carbocycles. The van der Waals surface area contributed by atoms with Gasteiger partial charge >= 0.3 is 5.97 Å². The summed E-state index contributed by atoms with van der Waals surface area (Å²) in [6, 6.07) is 13.2. The van der Waals surface area contributed by atoms with Gasteiger partial charge in [-0.2, -0.15) is 9.90 Å². The molecule has 0 bridgehead atoms. The van der Waals surface area contributed by atoms with Gasteiger partial charge < -0.3 is 14.8 Å². The number of methoxy groups -OCH3 is 1. The van der Waals surface area contributed by atoms with Crippen LogP contribution in [0.25, 0.3) is 5.69 Å². The fourth-order valence-corrected chi connectivity index (χ4v) is 2.90. The van der Waals surface area contributed by atoms with E-state index >= 15 is 0 Å². The maximum absolute atomic E-state index is 12.4. The third-order valence-corrected chi connectivity index (χ3v) is 4.53. The number of ether oxygens (including phenoxy) is 2. The van der Waals surface area contributed by atoms with Crippen LogP contribution in [0.2, 0.25) is 0 Å². The van der Waals surface area contributed by atoms with Crippen molar-refractivity contribution < 1.29 is 19.1 Å². The summed E-state index contributed by atoms with van der Waals surface area (Å²) in [6.45, 7) is 5.55. The van der Waals surface area contributed by atoms with Crippen LogP contribution in [0.5, 0.6) is 5.75 Å². The summed E-state index contributed by atoms with van der Waals surface area (Å²) in [5, 5.41) is 11.3. The number of nitrogens with one attached hydrogen (secondary N) is 1. The number of aryl methyl sites for hydroxylation is 3. The van der Waals surface area contributed by atoms with Gasteiger partial charge in [0.1, 0.15) is 5.75 Å². The molecule has 156 valence electrons. The maximum atomic E-state index is 12.4. The van der Waals surface area contributed by atoms with Crippen LogP contribution in [0.3, 0.4) is 0 Å². The van der Waals surface area contributed by atoms with Crippen molar-refractivity contribution in [3.8, 4) is 11.4 Å². The van der Waals surface area contributed by atoms with Gasteiger partial charge in [-0.05, 0) is 50.1 Å². The zero-order valence-electron chi connectivity index (χ0n) is 17.4. The molecule has 3 aromatic rings. The molecule has 1 aromatic heterocycles. The topological polar surface area (TPSA) is 95.3 Å². The molecule has 0 unspecified atom stereocenters. The van der Waals surface area contributed by atoms with E-state index in [1.807, 2.05) is 56.3 Å². The summed E-state index contributed by atoms with van der Waals surface area (Å²) in [4.78, 5) is 25.8. The van der Waals surface area contributed by atoms with E-state index in [9.17, 15) is 9.59 Å². The summed E-state index contributed by atoms with van der Waals surface area (Å²) >= 11 is 0. The first-order chi connectivity index (χ1) is 14.4. The maximum Gasteiger partial charge on any atom is 0.361 e. The molecule has 2 aromatic carbocycles. The van der Waals surface area contributed by atoms with Crippen molar-refractivity contribution in [1.82, 2.24) is 20.3 Å². The van der Waals surface area contributed by atoms with Crippen LogP contribution in [0.15, 0.2) is 42.5 Å². The van der Waals surface area contributed by atoms with Gasteiger partial charge in [-0.15, -0.1) is 5.10 Å². The van der Waals surface area contributed by atoms with E-state index in [0.717, 1.165) is 28.1 Å². The predicted octanol–water partition coefficient (Wildman–Crippen LogP) is 2.67. The van der Waals surface area contributed by atoms with E-state index in [1.165, 1.54) is 4.80 Å². The Hall–Kier alpha value is -3.68. The van der Waals surface area contributed by atoms with Crippen molar-refractivity contribution in [1.29, 1.82) is 0 Å². The molecule has 1 heterocycles. The Balaban J connectivity index is 1.56. The van der Waals surface area contributed by atoms with Gasteiger partial charge in [-0.3, -0.25) is 4.79 Å². The Kier molecular flexibility index (Phi) is 6.46. The smallest absolute Gasteiger partial charge is 0.361 e. The first kappa shape index (κ1) is 21.0. The average molecular weight is 408 g/mol. The number of esters is 1. The summed E-state index contributed by atoms with van der Waals surface area (Å²) in [5.74, 6) is -0.357. The number of hydrogen-bond acceptors (Lipinski definition) is 6. The highest BCUT2D eigenvalue weighted by Gasteiger charge is 2.19. The lowest BCUT2D eigenvalue weighted by atomic mass is 10.1. The van der Waals surface area contributed by atoms with Crippen LogP contribution < -0.4 is 10.1 Å². The van der Waals surface area contributed by atoms with Crippen molar-refractivity contribution in [3.63, 3.8) is 0 Å². The summed E-state index contributed by atoms with van der Waals surface area (Å²) in [6.07, 6.45) is 0. The molecule has 30 heavy (non-hydrogen) atoms. The molecule has 3 rings (SSSR count). The summed E-state index contributed by atoms with van der Waals surface area (Å²) in [5.41, 5.74) is 4.31. The first-order valence-corrected chi connectivity index (χ1v) is 9.45. The zero-order chi connectivity index (χ0) is 21.7. The Morgan fingerprint density at radius 2 is 1.77 bits per heavy atom. The Morgan fingerprint density at radius 1 is 1.03 bits per heavy atom. The highest BCUT2D eigenvalue weighted by atomic mass is 16.5. The zero-order valence-corrected chi connectivity index (χ0v) is 17.4. The minimum atomic E-state index is -0.692. The van der Waals surface area contributed by atoms with Gasteiger partial charge in [0, 0.05) is 6.54 Å². The van der Waals surface area contributed by atoms with Gasteiger partial charge in [-0.1, -0.05) is 29.8 Å². The lowest BCUT2D eigenvalue weighted by Gasteiger charge is -2.07. The Labute approximate surface area is 174 Å². The van der Waals surface area contributed by atoms with Crippen LogP contribution in [0.4, 0.5) is 0 Å². The molecule has 0 spiro atoms. The summed E-state index contributed by atoms with van der Waals surface area (Å²) < 4.78 is 10.2. The molecule has 8 nitrogen and oxygen atoms in total. The highest BCUT2D eigenvalue weighted by molar-refractivity contribution is 5.90. The van der Waals surface area contributed by atoms with Crippen LogP contribution in [-0.4, -0.2) is 40.6 Å². The van der Waals surface area contributed by atoms with E-state index in [2.05, 4.69) is 15.5 Å². The molecule has 1 amide bonds. The van der Waals surface area contributed by atoms with Crippen molar-refractivity contribution in [3.05, 3.63) is 70.5 Å². The highest BCUT2D eigenvalue weighted by Crippen LogP contribution is 2.16. The lowest BCUT2D eigenvalue weighted by molar-refractivity contribution is -0.124. The van der Waals surface area contributed by atoms with Gasteiger partial charge in [0.2, 0.25) is 0 Å². The standard InChI is InChI=1S/C22H24N4O4/c1-14-5-10-19(15(2)11-14)26-24-16(3)21(25-26)22(28)30-13-20(27)23-12-17-6-8-18(29-4)9-7-17/h5-11H,12-13H2,1-4H3,(H,23,27). The third kappa shape index (κ3) is 5.02. The second-order valence-electron chi connectivity index (χ2n) is 6.91. The number of carbonyl (C=O) groups is 2. The van der Waals surface area contributed by atoms with Gasteiger partial charge in [0.25, 0.3) is 5.91 Å². The minimum absolute atomic E-state index is 0.0814. The van der Waals surface area contributed by atoms with Gasteiger partial charge in [0.15, 0.2) is 12.3 Å². The number of amides is 1. The number of rotatable bonds is 7. The molecular formula is C22H24N4O4. The molecular weight excluding hydrogens is 384 g/mol. The number of carbonyl (C=O) groups excluding carboxylic acids is 2. The van der Waals surface area contributed by atoms with Gasteiger partial charge in [-0.25, -0.2) is 4.79 Å². The fraction of sp³-hybridized carbons (Fsp3) is 0.273. The van der Waals surface area contributed by atoms with E-state index in [4.69, 9.17) is 9.47 Å². The van der Waals surface area contributed by atoms with Crippen LogP contribution in [0.1, 0.15) is 32.9 Å². The average Bonchev–Trinajstić information content (AvgIpc) is 3.12. The first-order valence-electron chi connectivity index (χ1n) is 9.45. The molecule has 0 aliphatic heterocycles. The third-order valence-electron chi connectivity index (χ3n) is 4.53. The van der Waals surface area contributed by atoms with Crippen LogP contribution in [0, 0.1) is 20.8 Å². The monoisotopic (exact) mass is 408 g/mol. The number of aromatic nitrogens is 3. The number of hydrogen-bond donors (Lipinski definition) is 1. The van der Waals surface area contributed by atoms with E-state index in [-0.39, 0.29) is 5.69 Å². The normalized spacial score (nSPS) is 10.5. The molecule has 0 saturated heterocycles. The van der Waals surface area contributed by atoms with E-state index in [0.29, 0.717) is 12.2 Å². The molecule has 0 aliphatic rings. The molecule has 8 heteroatoms. The predicted molar refractivity (Wildman–Crippen MR) is 111 cm³/mol. The molecule has 0 atom stereocenters. The molecule has 0 radical (unpaired) electrons. The summed E-state index contributed by atoms with van der Waals surface area (Å²) in [7, 11) is 1.59. The quantitative estimate of drug-likeness (QED) is 0.604. The minimum Gasteiger partial charge on any atom is -0.497 e. The van der Waals surface area contributed by atoms with Gasteiger partial charge in [0.05, 0.1) is 18.5 Å². The Morgan fingerprint density at radius 3 is 2.43 bits per heavy atom. The van der Waals surface area contributed by atoms with Crippen molar-refractivity contribution in [2.24, 2.45) is 0 Å².